The number of hydrogen-bond acceptors (Lipinski definition) is 4. The molecule has 1 amide bonds. The highest BCUT2D eigenvalue weighted by Crippen LogP contribution is 2.22. The van der Waals surface area contributed by atoms with Crippen molar-refractivity contribution in [3.63, 3.8) is 0 Å². The minimum Gasteiger partial charge on any atom is -0.483 e. The van der Waals surface area contributed by atoms with Gasteiger partial charge in [-0.25, -0.2) is 0 Å². The molecule has 0 bridgehead atoms. The molecular weight excluding hydrogens is 388 g/mol. The summed E-state index contributed by atoms with van der Waals surface area (Å²) in [5, 5.41) is 12.0. The maximum Gasteiger partial charge on any atom is 0.262 e. The highest BCUT2D eigenvalue weighted by Gasteiger charge is 2.10. The van der Waals surface area contributed by atoms with Crippen LogP contribution in [0.2, 0.25) is 0 Å². The van der Waals surface area contributed by atoms with Crippen LogP contribution >= 0.6 is 0 Å². The van der Waals surface area contributed by atoms with Crippen molar-refractivity contribution < 1.29 is 9.53 Å². The Balaban J connectivity index is 1.45. The third kappa shape index (κ3) is 4.58. The number of aromatic nitrogens is 3. The lowest BCUT2D eigenvalue weighted by Crippen LogP contribution is -2.20. The molecule has 4 rings (SSSR count). The number of carbonyl (C=O) groups is 1. The SMILES string of the molecule is Cc1cccc(OCC(=O)Nc2ccc3nn(-c4ccc(C(C)C)cc4)nc3c2)c1C. The molecule has 0 aliphatic carbocycles. The number of hydrogen-bond donors (Lipinski definition) is 1. The molecule has 6 nitrogen and oxygen atoms in total. The molecule has 3 aromatic carbocycles. The number of rotatable bonds is 6. The molecular formula is C25H26N4O2. The van der Waals surface area contributed by atoms with Gasteiger partial charge in [-0.1, -0.05) is 38.1 Å². The molecule has 1 heterocycles. The average Bonchev–Trinajstić information content (AvgIpc) is 3.18. The van der Waals surface area contributed by atoms with Crippen molar-refractivity contribution in [2.75, 3.05) is 11.9 Å². The zero-order chi connectivity index (χ0) is 22.0. The number of benzene rings is 3. The molecule has 0 aliphatic heterocycles. The van der Waals surface area contributed by atoms with Crippen LogP contribution < -0.4 is 10.1 Å². The molecule has 0 radical (unpaired) electrons. The van der Waals surface area contributed by atoms with E-state index in [9.17, 15) is 4.79 Å². The smallest absolute Gasteiger partial charge is 0.262 e. The van der Waals surface area contributed by atoms with Gasteiger partial charge in [-0.15, -0.1) is 10.2 Å². The Morgan fingerprint density at radius 2 is 1.74 bits per heavy atom. The van der Waals surface area contributed by atoms with Gasteiger partial charge in [-0.05, 0) is 72.9 Å². The second kappa shape index (κ2) is 8.60. The maximum absolute atomic E-state index is 12.4. The van der Waals surface area contributed by atoms with Gasteiger partial charge in [0.15, 0.2) is 6.61 Å². The fraction of sp³-hybridized carbons (Fsp3) is 0.240. The van der Waals surface area contributed by atoms with Crippen molar-refractivity contribution in [1.29, 1.82) is 0 Å². The van der Waals surface area contributed by atoms with Gasteiger partial charge in [-0.3, -0.25) is 4.79 Å². The third-order valence-electron chi connectivity index (χ3n) is 5.37. The number of carbonyl (C=O) groups excluding carboxylic acids is 1. The fourth-order valence-corrected chi connectivity index (χ4v) is 3.32. The van der Waals surface area contributed by atoms with E-state index < -0.39 is 0 Å². The average molecular weight is 415 g/mol. The second-order valence-corrected chi connectivity index (χ2v) is 7.97. The van der Waals surface area contributed by atoms with Crippen LogP contribution in [0.15, 0.2) is 60.7 Å². The Morgan fingerprint density at radius 1 is 1.00 bits per heavy atom. The molecule has 6 heteroatoms. The van der Waals surface area contributed by atoms with Crippen LogP contribution in [-0.2, 0) is 4.79 Å². The van der Waals surface area contributed by atoms with Crippen molar-refractivity contribution in [3.05, 3.63) is 77.4 Å². The summed E-state index contributed by atoms with van der Waals surface area (Å²) < 4.78 is 5.68. The van der Waals surface area contributed by atoms with Crippen LogP contribution in [0.4, 0.5) is 5.69 Å². The lowest BCUT2D eigenvalue weighted by molar-refractivity contribution is -0.118. The first kappa shape index (κ1) is 20.6. The monoisotopic (exact) mass is 414 g/mol. The largest absolute Gasteiger partial charge is 0.483 e. The Morgan fingerprint density at radius 3 is 2.48 bits per heavy atom. The van der Waals surface area contributed by atoms with Gasteiger partial charge in [0.1, 0.15) is 16.8 Å². The molecule has 0 saturated heterocycles. The van der Waals surface area contributed by atoms with E-state index >= 15 is 0 Å². The molecule has 0 unspecified atom stereocenters. The number of nitrogens with one attached hydrogen (secondary N) is 1. The van der Waals surface area contributed by atoms with Crippen molar-refractivity contribution >= 4 is 22.6 Å². The van der Waals surface area contributed by atoms with Crippen LogP contribution in [0, 0.1) is 13.8 Å². The van der Waals surface area contributed by atoms with E-state index in [0.29, 0.717) is 17.1 Å². The molecule has 1 N–H and O–H groups in total. The predicted molar refractivity (Wildman–Crippen MR) is 123 cm³/mol. The van der Waals surface area contributed by atoms with Gasteiger partial charge in [0.05, 0.1) is 5.69 Å². The third-order valence-corrected chi connectivity index (χ3v) is 5.37. The van der Waals surface area contributed by atoms with Gasteiger partial charge in [-0.2, -0.15) is 4.80 Å². The van der Waals surface area contributed by atoms with Crippen LogP contribution in [0.1, 0.15) is 36.5 Å². The number of nitrogens with zero attached hydrogens (tertiary/aromatic N) is 3. The highest BCUT2D eigenvalue weighted by atomic mass is 16.5. The minimum atomic E-state index is -0.225. The standard InChI is InChI=1S/C25H26N4O2/c1-16(2)19-8-11-21(12-9-19)29-27-22-13-10-20(14-23(22)28-29)26-25(30)15-31-24-7-5-6-17(3)18(24)4/h5-14,16H,15H2,1-4H3,(H,26,30). The number of fused-ring (bicyclic) bond motifs is 1. The van der Waals surface area contributed by atoms with Crippen LogP contribution in [-0.4, -0.2) is 27.5 Å². The summed E-state index contributed by atoms with van der Waals surface area (Å²) in [4.78, 5) is 14.0. The molecule has 0 saturated carbocycles. The zero-order valence-electron chi connectivity index (χ0n) is 18.2. The van der Waals surface area contributed by atoms with Crippen LogP contribution in [0.3, 0.4) is 0 Å². The van der Waals surface area contributed by atoms with E-state index in [1.807, 2.05) is 62.4 Å². The van der Waals surface area contributed by atoms with E-state index in [0.717, 1.165) is 28.1 Å². The number of aryl methyl sites for hydroxylation is 1. The predicted octanol–water partition coefficient (Wildman–Crippen LogP) is 5.18. The van der Waals surface area contributed by atoms with Crippen molar-refractivity contribution in [2.45, 2.75) is 33.6 Å². The first-order valence-corrected chi connectivity index (χ1v) is 10.4. The Hall–Kier alpha value is -3.67. The van der Waals surface area contributed by atoms with Gasteiger partial charge >= 0.3 is 0 Å². The van der Waals surface area contributed by atoms with Crippen molar-refractivity contribution in [1.82, 2.24) is 15.0 Å². The minimum absolute atomic E-state index is 0.0583. The van der Waals surface area contributed by atoms with Gasteiger partial charge in [0.2, 0.25) is 0 Å². The fourth-order valence-electron chi connectivity index (χ4n) is 3.32. The molecule has 31 heavy (non-hydrogen) atoms. The lowest BCUT2D eigenvalue weighted by Gasteiger charge is -2.11. The zero-order valence-corrected chi connectivity index (χ0v) is 18.2. The summed E-state index contributed by atoms with van der Waals surface area (Å²) in [5.74, 6) is 0.970. The molecule has 0 atom stereocenters. The number of anilines is 1. The molecule has 4 aromatic rings. The maximum atomic E-state index is 12.4. The van der Waals surface area contributed by atoms with Crippen molar-refractivity contribution in [3.8, 4) is 11.4 Å². The van der Waals surface area contributed by atoms with Crippen molar-refractivity contribution in [2.24, 2.45) is 0 Å². The Labute approximate surface area is 181 Å². The summed E-state index contributed by atoms with van der Waals surface area (Å²) >= 11 is 0. The summed E-state index contributed by atoms with van der Waals surface area (Å²) in [5.41, 5.74) is 6.46. The summed E-state index contributed by atoms with van der Waals surface area (Å²) in [6, 6.07) is 19.5. The number of ether oxygens (including phenoxy) is 1. The van der Waals surface area contributed by atoms with Gasteiger partial charge < -0.3 is 10.1 Å². The first-order chi connectivity index (χ1) is 14.9. The molecule has 0 fully saturated rings. The van der Waals surface area contributed by atoms with E-state index in [1.165, 1.54) is 5.56 Å². The topological polar surface area (TPSA) is 69.0 Å². The van der Waals surface area contributed by atoms with E-state index in [2.05, 4.69) is 41.5 Å². The lowest BCUT2D eigenvalue weighted by atomic mass is 10.0. The quantitative estimate of drug-likeness (QED) is 0.472. The normalized spacial score (nSPS) is 11.1. The van der Waals surface area contributed by atoms with Crippen LogP contribution in [0.25, 0.3) is 16.7 Å². The Kier molecular flexibility index (Phi) is 5.71. The molecule has 158 valence electrons. The van der Waals surface area contributed by atoms with Crippen LogP contribution in [0.5, 0.6) is 5.75 Å². The van der Waals surface area contributed by atoms with E-state index in [4.69, 9.17) is 4.74 Å². The second-order valence-electron chi connectivity index (χ2n) is 7.97. The molecule has 1 aromatic heterocycles. The Bertz CT molecular complexity index is 1230. The molecule has 0 aliphatic rings. The summed E-state index contributed by atoms with van der Waals surface area (Å²) in [6.45, 7) is 8.27. The van der Waals surface area contributed by atoms with Gasteiger partial charge in [0.25, 0.3) is 5.91 Å². The van der Waals surface area contributed by atoms with E-state index in [-0.39, 0.29) is 12.5 Å². The van der Waals surface area contributed by atoms with E-state index in [1.54, 1.807) is 4.80 Å². The molecule has 0 spiro atoms. The number of amides is 1. The highest BCUT2D eigenvalue weighted by molar-refractivity contribution is 5.93. The van der Waals surface area contributed by atoms with Gasteiger partial charge in [0, 0.05) is 5.69 Å². The summed E-state index contributed by atoms with van der Waals surface area (Å²) in [6.07, 6.45) is 0. The summed E-state index contributed by atoms with van der Waals surface area (Å²) in [7, 11) is 0. The first-order valence-electron chi connectivity index (χ1n) is 10.4.